The van der Waals surface area contributed by atoms with Crippen molar-refractivity contribution in [1.82, 2.24) is 0 Å². The molecule has 242 valence electrons. The Morgan fingerprint density at radius 1 is 0.660 bits per heavy atom. The van der Waals surface area contributed by atoms with E-state index in [9.17, 15) is 0 Å². The van der Waals surface area contributed by atoms with Crippen molar-refractivity contribution >= 4 is 60.1 Å². The smallest absolute Gasteiger partial charge is 0.136 e. The summed E-state index contributed by atoms with van der Waals surface area (Å²) in [7, 11) is 0. The Morgan fingerprint density at radius 2 is 1.38 bits per heavy atom. The van der Waals surface area contributed by atoms with E-state index in [0.29, 0.717) is 0 Å². The maximum atomic E-state index is 6.43. The van der Waals surface area contributed by atoms with Gasteiger partial charge in [-0.3, -0.25) is 0 Å². The van der Waals surface area contributed by atoms with Crippen LogP contribution in [0, 0.1) is 0 Å². The third-order valence-corrected chi connectivity index (χ3v) is 10.8. The number of benzene rings is 4. The molecule has 2 aromatic heterocycles. The third-order valence-electron chi connectivity index (χ3n) is 9.69. The van der Waals surface area contributed by atoms with Gasteiger partial charge in [0.25, 0.3) is 0 Å². The minimum absolute atomic E-state index is 0.882. The number of para-hydroxylation sites is 1. The first-order chi connectivity index (χ1) is 24.5. The van der Waals surface area contributed by atoms with E-state index in [2.05, 4.69) is 147 Å². The van der Waals surface area contributed by atoms with Gasteiger partial charge in [0.1, 0.15) is 11.2 Å². The highest BCUT2D eigenvalue weighted by Crippen LogP contribution is 2.43. The predicted octanol–water partition coefficient (Wildman–Crippen LogP) is 12.3. The maximum absolute atomic E-state index is 6.43. The molecule has 0 spiro atoms. The topological polar surface area (TPSA) is 13.1 Å². The SMILES string of the molecule is C=C(/C=C\C(=C)C1=c2cccc/c2=C(C(=C)c2cc3c(cc2-c2cc4ccccc4s2)oc2ccccc23)/C=C/CCC=C1)C1=CC=CCC1. The minimum atomic E-state index is 0.882. The molecule has 0 radical (unpaired) electrons. The van der Waals surface area contributed by atoms with Crippen LogP contribution in [0.1, 0.15) is 31.2 Å². The van der Waals surface area contributed by atoms with Gasteiger partial charge >= 0.3 is 0 Å². The van der Waals surface area contributed by atoms with Crippen molar-refractivity contribution in [2.45, 2.75) is 25.7 Å². The summed E-state index contributed by atoms with van der Waals surface area (Å²) in [5.41, 5.74) is 10.4. The van der Waals surface area contributed by atoms with Crippen LogP contribution < -0.4 is 10.4 Å². The van der Waals surface area contributed by atoms with Crippen molar-refractivity contribution in [2.24, 2.45) is 0 Å². The van der Waals surface area contributed by atoms with Gasteiger partial charge in [-0.15, -0.1) is 11.3 Å². The van der Waals surface area contributed by atoms with Crippen molar-refractivity contribution in [3.63, 3.8) is 0 Å². The Labute approximate surface area is 297 Å². The average Bonchev–Trinajstić information content (AvgIpc) is 3.76. The fourth-order valence-corrected chi connectivity index (χ4v) is 8.12. The van der Waals surface area contributed by atoms with Gasteiger partial charge in [0, 0.05) is 25.9 Å². The lowest BCUT2D eigenvalue weighted by atomic mass is 9.89. The van der Waals surface area contributed by atoms with Gasteiger partial charge in [-0.2, -0.15) is 0 Å². The Balaban J connectivity index is 1.34. The zero-order valence-corrected chi connectivity index (χ0v) is 28.9. The second-order valence-corrected chi connectivity index (χ2v) is 14.0. The highest BCUT2D eigenvalue weighted by molar-refractivity contribution is 7.22. The van der Waals surface area contributed by atoms with Crippen LogP contribution in [0.2, 0.25) is 0 Å². The molecule has 0 unspecified atom stereocenters. The summed E-state index contributed by atoms with van der Waals surface area (Å²) in [6.45, 7) is 13.8. The fraction of sp³-hybridized carbons (Fsp3) is 0.0833. The fourth-order valence-electron chi connectivity index (χ4n) is 7.02. The standard InChI is InChI=1S/C48H38OS/c1-32(35-17-7-6-8-18-35)27-28-33(2)37-20-9-4-5-10-21-38(40-23-13-12-22-39(37)40)34(3)42-30-43-41-24-14-15-25-45(41)49-46(43)31-44(42)48-29-36-19-11-16-26-47(36)50-48/h6-7,9-17,19-31H,1-5,8,18H2/b20-9?,21-10+,28-27-,39-37?,40-38+. The minimum Gasteiger partial charge on any atom is -0.456 e. The summed E-state index contributed by atoms with van der Waals surface area (Å²) >= 11 is 1.81. The molecule has 0 atom stereocenters. The van der Waals surface area contributed by atoms with Gasteiger partial charge in [-0.05, 0) is 111 Å². The molecule has 2 aliphatic rings. The molecule has 8 rings (SSSR count). The summed E-state index contributed by atoms with van der Waals surface area (Å²) in [5.74, 6) is 0. The summed E-state index contributed by atoms with van der Waals surface area (Å²) in [4.78, 5) is 1.19. The molecular formula is C48H38OS. The van der Waals surface area contributed by atoms with Crippen LogP contribution in [-0.2, 0) is 0 Å². The molecule has 2 aliphatic carbocycles. The van der Waals surface area contributed by atoms with Gasteiger partial charge in [0.2, 0.25) is 0 Å². The van der Waals surface area contributed by atoms with Crippen LogP contribution in [0.15, 0.2) is 187 Å². The quantitative estimate of drug-likeness (QED) is 0.155. The van der Waals surface area contributed by atoms with E-state index in [1.165, 1.54) is 20.5 Å². The summed E-state index contributed by atoms with van der Waals surface area (Å²) < 4.78 is 7.69. The van der Waals surface area contributed by atoms with Crippen LogP contribution in [-0.4, -0.2) is 0 Å². The van der Waals surface area contributed by atoms with E-state index in [1.54, 1.807) is 0 Å². The molecule has 0 saturated heterocycles. The number of hydrogen-bond donors (Lipinski definition) is 0. The number of rotatable bonds is 7. The average molecular weight is 663 g/mol. The Bertz CT molecular complexity index is 2610. The van der Waals surface area contributed by atoms with Crippen LogP contribution in [0.4, 0.5) is 0 Å². The second kappa shape index (κ2) is 13.7. The molecule has 4 aromatic carbocycles. The normalized spacial score (nSPS) is 16.6. The lowest BCUT2D eigenvalue weighted by Gasteiger charge is -2.15. The highest BCUT2D eigenvalue weighted by atomic mass is 32.1. The van der Waals surface area contributed by atoms with Crippen molar-refractivity contribution in [3.8, 4) is 10.4 Å². The molecule has 0 amide bonds. The van der Waals surface area contributed by atoms with E-state index >= 15 is 0 Å². The van der Waals surface area contributed by atoms with Crippen LogP contribution in [0.25, 0.3) is 59.2 Å². The van der Waals surface area contributed by atoms with E-state index in [-0.39, 0.29) is 0 Å². The third kappa shape index (κ3) is 6.04. The monoisotopic (exact) mass is 662 g/mol. The molecule has 0 fully saturated rings. The van der Waals surface area contributed by atoms with Gasteiger partial charge in [0.05, 0.1) is 0 Å². The van der Waals surface area contributed by atoms with Crippen molar-refractivity contribution in [1.29, 1.82) is 0 Å². The summed E-state index contributed by atoms with van der Waals surface area (Å²) in [6.07, 6.45) is 23.7. The number of hydrogen-bond acceptors (Lipinski definition) is 2. The van der Waals surface area contributed by atoms with E-state index in [1.807, 2.05) is 23.5 Å². The van der Waals surface area contributed by atoms with Crippen LogP contribution >= 0.6 is 11.3 Å². The predicted molar refractivity (Wildman–Crippen MR) is 217 cm³/mol. The Kier molecular flexibility index (Phi) is 8.62. The molecule has 2 heteroatoms. The van der Waals surface area contributed by atoms with Crippen LogP contribution in [0.3, 0.4) is 0 Å². The van der Waals surface area contributed by atoms with Gasteiger partial charge < -0.3 is 4.42 Å². The first-order valence-electron chi connectivity index (χ1n) is 17.3. The highest BCUT2D eigenvalue weighted by Gasteiger charge is 2.19. The first-order valence-corrected chi connectivity index (χ1v) is 18.1. The van der Waals surface area contributed by atoms with E-state index in [0.717, 1.165) is 97.1 Å². The molecule has 0 bridgehead atoms. The zero-order valence-electron chi connectivity index (χ0n) is 28.1. The molecular weight excluding hydrogens is 625 g/mol. The van der Waals surface area contributed by atoms with Crippen molar-refractivity contribution < 1.29 is 4.42 Å². The van der Waals surface area contributed by atoms with Gasteiger partial charge in [0.15, 0.2) is 0 Å². The molecule has 0 saturated carbocycles. The lowest BCUT2D eigenvalue weighted by molar-refractivity contribution is 0.669. The van der Waals surface area contributed by atoms with Crippen LogP contribution in [0.5, 0.6) is 0 Å². The number of allylic oxidation sites excluding steroid dienone is 13. The zero-order chi connectivity index (χ0) is 34.0. The van der Waals surface area contributed by atoms with Crippen molar-refractivity contribution in [3.05, 3.63) is 198 Å². The molecule has 6 aromatic rings. The number of thiophene rings is 1. The number of fused-ring (bicyclic) bond motifs is 5. The molecule has 0 aliphatic heterocycles. The van der Waals surface area contributed by atoms with E-state index in [4.69, 9.17) is 11.0 Å². The summed E-state index contributed by atoms with van der Waals surface area (Å²) in [5, 5.41) is 5.70. The molecule has 50 heavy (non-hydrogen) atoms. The van der Waals surface area contributed by atoms with Gasteiger partial charge in [-0.25, -0.2) is 0 Å². The lowest BCUT2D eigenvalue weighted by Crippen LogP contribution is -2.29. The molecule has 1 nitrogen and oxygen atoms in total. The molecule has 2 heterocycles. The largest absolute Gasteiger partial charge is 0.456 e. The second-order valence-electron chi connectivity index (χ2n) is 12.9. The first kappa shape index (κ1) is 31.6. The van der Waals surface area contributed by atoms with Crippen molar-refractivity contribution in [2.75, 3.05) is 0 Å². The molecule has 0 N–H and O–H groups in total. The number of furan rings is 1. The summed E-state index contributed by atoms with van der Waals surface area (Å²) in [6, 6.07) is 32.3. The van der Waals surface area contributed by atoms with E-state index < -0.39 is 0 Å². The maximum Gasteiger partial charge on any atom is 0.136 e. The van der Waals surface area contributed by atoms with Gasteiger partial charge in [-0.1, -0.05) is 135 Å². The Hall–Kier alpha value is -5.70. The Morgan fingerprint density at radius 3 is 2.18 bits per heavy atom.